The number of carbonyl (C=O) groups excluding carboxylic acids is 2. The number of ether oxygens (including phenoxy) is 2. The number of amides is 3. The fourth-order valence-corrected chi connectivity index (χ4v) is 4.75. The van der Waals surface area contributed by atoms with Crippen LogP contribution >= 0.6 is 11.6 Å². The zero-order valence-electron chi connectivity index (χ0n) is 21.7. The Balaban J connectivity index is 1.31. The third-order valence-electron chi connectivity index (χ3n) is 6.51. The number of anilines is 1. The van der Waals surface area contributed by atoms with Crippen molar-refractivity contribution in [3.63, 3.8) is 0 Å². The zero-order valence-corrected chi connectivity index (χ0v) is 22.4. The van der Waals surface area contributed by atoms with Gasteiger partial charge in [0.1, 0.15) is 30.5 Å². The highest BCUT2D eigenvalue weighted by molar-refractivity contribution is 6.29. The van der Waals surface area contributed by atoms with Crippen LogP contribution in [0.5, 0.6) is 11.5 Å². The van der Waals surface area contributed by atoms with Crippen molar-refractivity contribution in [3.05, 3.63) is 53.7 Å². The van der Waals surface area contributed by atoms with Gasteiger partial charge >= 0.3 is 6.03 Å². The van der Waals surface area contributed by atoms with Crippen LogP contribution in [-0.4, -0.2) is 81.8 Å². The maximum Gasteiger partial charge on any atom is 0.317 e. The number of hydrogen-bond donors (Lipinski definition) is 2. The lowest BCUT2D eigenvalue weighted by Gasteiger charge is -2.42. The summed E-state index contributed by atoms with van der Waals surface area (Å²) in [5.74, 6) is 2.19. The summed E-state index contributed by atoms with van der Waals surface area (Å²) in [6, 6.07) is 6.84. The van der Waals surface area contributed by atoms with Gasteiger partial charge in [-0.05, 0) is 24.1 Å². The minimum atomic E-state index is -0.326. The van der Waals surface area contributed by atoms with E-state index in [4.69, 9.17) is 21.1 Å². The molecule has 13 heteroatoms. The van der Waals surface area contributed by atoms with Gasteiger partial charge in [0.15, 0.2) is 11.5 Å². The van der Waals surface area contributed by atoms with E-state index in [1.165, 1.54) is 0 Å². The van der Waals surface area contributed by atoms with Gasteiger partial charge in [0.25, 0.3) is 0 Å². The van der Waals surface area contributed by atoms with Crippen molar-refractivity contribution in [3.8, 4) is 17.4 Å². The average Bonchev–Trinajstić information content (AvgIpc) is 3.50. The lowest BCUT2D eigenvalue weighted by molar-refractivity contribution is -0.121. The van der Waals surface area contributed by atoms with Gasteiger partial charge < -0.3 is 29.9 Å². The fraction of sp³-hybridized carbons (Fsp3) is 0.423. The van der Waals surface area contributed by atoms with Crippen LogP contribution in [0.25, 0.3) is 5.95 Å². The molecule has 1 atom stereocenters. The number of imidazole rings is 1. The SMILES string of the molecule is CCCNC(=O)N1CCN(c2cc(Cl)nc(-n3ccnc3)n2)C(CC(=O)NCc2ccc3c(c2)OCCO3)C1. The molecule has 0 spiro atoms. The largest absolute Gasteiger partial charge is 0.486 e. The molecule has 2 aliphatic heterocycles. The smallest absolute Gasteiger partial charge is 0.317 e. The van der Waals surface area contributed by atoms with Crippen LogP contribution < -0.4 is 25.0 Å². The number of halogens is 1. The van der Waals surface area contributed by atoms with E-state index in [-0.39, 0.29) is 29.6 Å². The van der Waals surface area contributed by atoms with Crippen LogP contribution in [0.15, 0.2) is 43.0 Å². The highest BCUT2D eigenvalue weighted by atomic mass is 35.5. The molecule has 39 heavy (non-hydrogen) atoms. The molecule has 2 N–H and O–H groups in total. The molecule has 1 saturated heterocycles. The van der Waals surface area contributed by atoms with Crippen LogP contribution in [-0.2, 0) is 11.3 Å². The van der Waals surface area contributed by atoms with Crippen LogP contribution in [0.4, 0.5) is 10.6 Å². The Morgan fingerprint density at radius 2 is 1.95 bits per heavy atom. The van der Waals surface area contributed by atoms with E-state index in [1.807, 2.05) is 30.0 Å². The Hall–Kier alpha value is -4.06. The van der Waals surface area contributed by atoms with Gasteiger partial charge in [0.05, 0.1) is 6.04 Å². The standard InChI is InChI=1S/C26H31ClN8O4/c1-2-5-29-26(37)33-8-9-35(23-14-22(27)31-25(32-23)34-7-6-28-17-34)19(16-33)13-24(36)30-15-18-3-4-20-21(12-18)39-11-10-38-20/h3-4,6-7,12,14,17,19H,2,5,8-11,13,15-16H2,1H3,(H,29,37)(H,30,36). The maximum absolute atomic E-state index is 13.1. The van der Waals surface area contributed by atoms with E-state index in [9.17, 15) is 9.59 Å². The summed E-state index contributed by atoms with van der Waals surface area (Å²) in [6.45, 7) is 5.28. The monoisotopic (exact) mass is 554 g/mol. The van der Waals surface area contributed by atoms with Crippen molar-refractivity contribution >= 4 is 29.4 Å². The van der Waals surface area contributed by atoms with E-state index >= 15 is 0 Å². The first-order chi connectivity index (χ1) is 19.0. The lowest BCUT2D eigenvalue weighted by atomic mass is 10.1. The molecule has 3 amide bonds. The number of hydrogen-bond acceptors (Lipinski definition) is 8. The molecule has 1 fully saturated rings. The summed E-state index contributed by atoms with van der Waals surface area (Å²) in [4.78, 5) is 42.7. The minimum absolute atomic E-state index is 0.141. The van der Waals surface area contributed by atoms with E-state index in [2.05, 4.69) is 25.6 Å². The Morgan fingerprint density at radius 1 is 1.10 bits per heavy atom. The van der Waals surface area contributed by atoms with Crippen LogP contribution in [0, 0.1) is 0 Å². The first-order valence-electron chi connectivity index (χ1n) is 13.0. The third kappa shape index (κ3) is 6.51. The number of rotatable bonds is 8. The van der Waals surface area contributed by atoms with E-state index in [1.54, 1.807) is 34.3 Å². The Kier molecular flexibility index (Phi) is 8.30. The Morgan fingerprint density at radius 3 is 2.74 bits per heavy atom. The maximum atomic E-state index is 13.1. The number of carbonyl (C=O) groups is 2. The van der Waals surface area contributed by atoms with Gasteiger partial charge in [-0.15, -0.1) is 0 Å². The number of benzene rings is 1. The first-order valence-corrected chi connectivity index (χ1v) is 13.4. The molecule has 206 valence electrons. The van der Waals surface area contributed by atoms with Gasteiger partial charge in [0, 0.05) is 57.6 Å². The minimum Gasteiger partial charge on any atom is -0.486 e. The van der Waals surface area contributed by atoms with E-state index < -0.39 is 0 Å². The van der Waals surface area contributed by atoms with Gasteiger partial charge in [-0.3, -0.25) is 9.36 Å². The number of nitrogens with one attached hydrogen (secondary N) is 2. The molecular weight excluding hydrogens is 524 g/mol. The fourth-order valence-electron chi connectivity index (χ4n) is 4.58. The molecule has 1 aromatic carbocycles. The van der Waals surface area contributed by atoms with Crippen LogP contribution in [0.2, 0.25) is 5.15 Å². The van der Waals surface area contributed by atoms with Crippen molar-refractivity contribution in [2.24, 2.45) is 0 Å². The second kappa shape index (κ2) is 12.2. The molecule has 2 aromatic heterocycles. The molecule has 1 unspecified atom stereocenters. The Bertz CT molecular complexity index is 1310. The topological polar surface area (TPSA) is 127 Å². The quantitative estimate of drug-likeness (QED) is 0.406. The molecule has 5 rings (SSSR count). The highest BCUT2D eigenvalue weighted by Gasteiger charge is 2.32. The molecule has 4 heterocycles. The molecule has 12 nitrogen and oxygen atoms in total. The van der Waals surface area contributed by atoms with Crippen LogP contribution in [0.1, 0.15) is 25.3 Å². The van der Waals surface area contributed by atoms with Crippen LogP contribution in [0.3, 0.4) is 0 Å². The molecule has 0 aliphatic carbocycles. The van der Waals surface area contributed by atoms with Crippen molar-refractivity contribution in [1.82, 2.24) is 35.1 Å². The summed E-state index contributed by atoms with van der Waals surface area (Å²) < 4.78 is 12.9. The molecule has 0 bridgehead atoms. The third-order valence-corrected chi connectivity index (χ3v) is 6.71. The number of piperazine rings is 1. The molecular formula is C26H31ClN8O4. The first kappa shape index (κ1) is 26.5. The predicted octanol–water partition coefficient (Wildman–Crippen LogP) is 2.40. The highest BCUT2D eigenvalue weighted by Crippen LogP contribution is 2.30. The van der Waals surface area contributed by atoms with Crippen molar-refractivity contribution < 1.29 is 19.1 Å². The van der Waals surface area contributed by atoms with Gasteiger partial charge in [-0.1, -0.05) is 24.6 Å². The predicted molar refractivity (Wildman–Crippen MR) is 144 cm³/mol. The summed E-state index contributed by atoms with van der Waals surface area (Å²) >= 11 is 6.36. The van der Waals surface area contributed by atoms with Gasteiger partial charge in [-0.25, -0.2) is 14.8 Å². The van der Waals surface area contributed by atoms with Gasteiger partial charge in [-0.2, -0.15) is 4.98 Å². The summed E-state index contributed by atoms with van der Waals surface area (Å²) in [7, 11) is 0. The second-order valence-electron chi connectivity index (χ2n) is 9.30. The lowest BCUT2D eigenvalue weighted by Crippen LogP contribution is -2.58. The van der Waals surface area contributed by atoms with E-state index in [0.717, 1.165) is 12.0 Å². The van der Waals surface area contributed by atoms with E-state index in [0.29, 0.717) is 69.2 Å². The zero-order chi connectivity index (χ0) is 27.2. The summed E-state index contributed by atoms with van der Waals surface area (Å²) in [5.41, 5.74) is 0.904. The number of urea groups is 1. The van der Waals surface area contributed by atoms with Crippen molar-refractivity contribution in [1.29, 1.82) is 0 Å². The number of aromatic nitrogens is 4. The van der Waals surface area contributed by atoms with Crippen molar-refractivity contribution in [2.75, 3.05) is 44.3 Å². The molecule has 3 aromatic rings. The average molecular weight is 555 g/mol. The van der Waals surface area contributed by atoms with Gasteiger partial charge in [0.2, 0.25) is 11.9 Å². The summed E-state index contributed by atoms with van der Waals surface area (Å²) in [5, 5.41) is 6.20. The number of nitrogens with zero attached hydrogens (tertiary/aromatic N) is 6. The normalized spacial score (nSPS) is 16.6. The molecule has 0 radical (unpaired) electrons. The summed E-state index contributed by atoms with van der Waals surface area (Å²) in [6.07, 6.45) is 5.95. The van der Waals surface area contributed by atoms with Crippen molar-refractivity contribution in [2.45, 2.75) is 32.4 Å². The number of fused-ring (bicyclic) bond motifs is 1. The molecule has 2 aliphatic rings. The Labute approximate surface area is 231 Å². The second-order valence-corrected chi connectivity index (χ2v) is 9.69. The molecule has 0 saturated carbocycles.